The molecule has 5 nitrogen and oxygen atoms in total. The number of benzene rings is 1. The van der Waals surface area contributed by atoms with Crippen molar-refractivity contribution in [2.45, 2.75) is 19.5 Å². The van der Waals surface area contributed by atoms with Gasteiger partial charge in [-0.25, -0.2) is 4.79 Å². The minimum absolute atomic E-state index is 0.0682. The third kappa shape index (κ3) is 2.94. The Labute approximate surface area is 130 Å². The molecule has 0 saturated carbocycles. The zero-order chi connectivity index (χ0) is 14.8. The Bertz CT molecular complexity index is 536. The van der Waals surface area contributed by atoms with Crippen LogP contribution in [0.1, 0.15) is 12.5 Å². The summed E-state index contributed by atoms with van der Waals surface area (Å²) in [5, 5.41) is 6.99. The third-order valence-corrected chi connectivity index (χ3v) is 4.55. The van der Waals surface area contributed by atoms with E-state index in [1.807, 2.05) is 11.0 Å². The maximum atomic E-state index is 11.6. The van der Waals surface area contributed by atoms with Crippen LogP contribution in [0.3, 0.4) is 0 Å². The van der Waals surface area contributed by atoms with E-state index in [9.17, 15) is 4.79 Å². The standard InChI is InChI=1S/C15H21ClN4O/c1-2-17-8-11-3-4-12(7-14(11)16)19-5-6-20-13(10-19)9-18-15(20)21/h3-4,7,13,17H,2,5-6,8-10H2,1H3,(H,18,21). The quantitative estimate of drug-likeness (QED) is 0.889. The van der Waals surface area contributed by atoms with E-state index in [4.69, 9.17) is 11.6 Å². The largest absolute Gasteiger partial charge is 0.368 e. The van der Waals surface area contributed by atoms with Gasteiger partial charge in [0, 0.05) is 43.4 Å². The molecule has 2 heterocycles. The molecule has 2 fully saturated rings. The second-order valence-electron chi connectivity index (χ2n) is 5.54. The minimum atomic E-state index is 0.0682. The van der Waals surface area contributed by atoms with Crippen LogP contribution in [0.15, 0.2) is 18.2 Å². The first-order valence-electron chi connectivity index (χ1n) is 7.47. The smallest absolute Gasteiger partial charge is 0.317 e. The lowest BCUT2D eigenvalue weighted by Gasteiger charge is -2.38. The van der Waals surface area contributed by atoms with Gasteiger partial charge in [0.2, 0.25) is 0 Å². The fourth-order valence-corrected chi connectivity index (χ4v) is 3.22. The molecule has 6 heteroatoms. The highest BCUT2D eigenvalue weighted by Gasteiger charge is 2.35. The normalized spacial score (nSPS) is 21.4. The van der Waals surface area contributed by atoms with Gasteiger partial charge >= 0.3 is 6.03 Å². The number of carbonyl (C=O) groups excluding carboxylic acids is 1. The van der Waals surface area contributed by atoms with E-state index in [-0.39, 0.29) is 12.1 Å². The lowest BCUT2D eigenvalue weighted by Crippen LogP contribution is -2.52. The molecule has 2 N–H and O–H groups in total. The van der Waals surface area contributed by atoms with Crippen molar-refractivity contribution in [3.05, 3.63) is 28.8 Å². The van der Waals surface area contributed by atoms with E-state index in [0.29, 0.717) is 0 Å². The van der Waals surface area contributed by atoms with Crippen LogP contribution in [-0.4, -0.2) is 49.7 Å². The minimum Gasteiger partial charge on any atom is -0.368 e. The summed E-state index contributed by atoms with van der Waals surface area (Å²) in [5.41, 5.74) is 2.26. The van der Waals surface area contributed by atoms with Crippen LogP contribution in [0.25, 0.3) is 0 Å². The number of hydrogen-bond donors (Lipinski definition) is 2. The molecule has 0 spiro atoms. The summed E-state index contributed by atoms with van der Waals surface area (Å²) in [6, 6.07) is 6.59. The van der Waals surface area contributed by atoms with E-state index in [2.05, 4.69) is 34.6 Å². The summed E-state index contributed by atoms with van der Waals surface area (Å²) in [7, 11) is 0. The summed E-state index contributed by atoms with van der Waals surface area (Å²) in [6.07, 6.45) is 0. The van der Waals surface area contributed by atoms with Gasteiger partial charge in [0.15, 0.2) is 0 Å². The van der Waals surface area contributed by atoms with Crippen molar-refractivity contribution in [1.82, 2.24) is 15.5 Å². The van der Waals surface area contributed by atoms with Gasteiger partial charge in [-0.15, -0.1) is 0 Å². The molecule has 1 aromatic rings. The molecule has 0 aromatic heterocycles. The Kier molecular flexibility index (Phi) is 4.22. The van der Waals surface area contributed by atoms with Crippen molar-refractivity contribution in [1.29, 1.82) is 0 Å². The monoisotopic (exact) mass is 308 g/mol. The summed E-state index contributed by atoms with van der Waals surface area (Å²) < 4.78 is 0. The zero-order valence-electron chi connectivity index (χ0n) is 12.2. The van der Waals surface area contributed by atoms with Gasteiger partial charge in [-0.1, -0.05) is 24.6 Å². The molecule has 1 aromatic carbocycles. The van der Waals surface area contributed by atoms with E-state index in [1.54, 1.807) is 0 Å². The van der Waals surface area contributed by atoms with Gasteiger partial charge in [-0.05, 0) is 24.2 Å². The fraction of sp³-hybridized carbons (Fsp3) is 0.533. The molecule has 2 aliphatic heterocycles. The average molecular weight is 309 g/mol. The van der Waals surface area contributed by atoms with E-state index >= 15 is 0 Å². The number of fused-ring (bicyclic) bond motifs is 1. The van der Waals surface area contributed by atoms with Crippen molar-refractivity contribution >= 4 is 23.3 Å². The van der Waals surface area contributed by atoms with E-state index in [1.165, 1.54) is 0 Å². The van der Waals surface area contributed by atoms with Gasteiger partial charge in [0.05, 0.1) is 6.04 Å². The van der Waals surface area contributed by atoms with Crippen molar-refractivity contribution in [2.24, 2.45) is 0 Å². The first-order valence-corrected chi connectivity index (χ1v) is 7.85. The molecule has 114 valence electrons. The number of hydrogen-bond acceptors (Lipinski definition) is 3. The number of carbonyl (C=O) groups is 1. The Hall–Kier alpha value is -1.46. The molecule has 2 aliphatic rings. The number of urea groups is 1. The van der Waals surface area contributed by atoms with Crippen LogP contribution in [0.4, 0.5) is 10.5 Å². The molecule has 1 unspecified atom stereocenters. The maximum absolute atomic E-state index is 11.6. The highest BCUT2D eigenvalue weighted by atomic mass is 35.5. The fourth-order valence-electron chi connectivity index (χ4n) is 2.97. The summed E-state index contributed by atoms with van der Waals surface area (Å²) in [5.74, 6) is 0. The first kappa shape index (κ1) is 14.5. The molecule has 2 amide bonds. The van der Waals surface area contributed by atoms with E-state index < -0.39 is 0 Å². The van der Waals surface area contributed by atoms with Gasteiger partial charge < -0.3 is 20.4 Å². The van der Waals surface area contributed by atoms with E-state index in [0.717, 1.165) is 55.5 Å². The Morgan fingerprint density at radius 1 is 1.43 bits per heavy atom. The summed E-state index contributed by atoms with van der Waals surface area (Å²) in [4.78, 5) is 15.9. The van der Waals surface area contributed by atoms with Crippen molar-refractivity contribution < 1.29 is 4.79 Å². The number of halogens is 1. The number of nitrogens with zero attached hydrogens (tertiary/aromatic N) is 2. The van der Waals surface area contributed by atoms with Gasteiger partial charge in [-0.2, -0.15) is 0 Å². The Morgan fingerprint density at radius 3 is 3.05 bits per heavy atom. The van der Waals surface area contributed by atoms with Crippen LogP contribution in [0.5, 0.6) is 0 Å². The van der Waals surface area contributed by atoms with Crippen molar-refractivity contribution in [2.75, 3.05) is 37.6 Å². The maximum Gasteiger partial charge on any atom is 0.317 e. The number of anilines is 1. The first-order chi connectivity index (χ1) is 10.2. The SMILES string of the molecule is CCNCc1ccc(N2CCN3C(=O)NCC3C2)cc1Cl. The van der Waals surface area contributed by atoms with Gasteiger partial charge in [0.1, 0.15) is 0 Å². The number of piperazine rings is 1. The molecule has 3 rings (SSSR count). The molecule has 1 atom stereocenters. The highest BCUT2D eigenvalue weighted by Crippen LogP contribution is 2.26. The summed E-state index contributed by atoms with van der Waals surface area (Å²) >= 11 is 6.38. The van der Waals surface area contributed by atoms with Crippen molar-refractivity contribution in [3.8, 4) is 0 Å². The lowest BCUT2D eigenvalue weighted by molar-refractivity contribution is 0.197. The number of amides is 2. The topological polar surface area (TPSA) is 47.6 Å². The number of rotatable bonds is 4. The molecule has 0 aliphatic carbocycles. The second-order valence-corrected chi connectivity index (χ2v) is 5.94. The zero-order valence-corrected chi connectivity index (χ0v) is 13.0. The predicted octanol–water partition coefficient (Wildman–Crippen LogP) is 1.66. The predicted molar refractivity (Wildman–Crippen MR) is 84.9 cm³/mol. The Morgan fingerprint density at radius 2 is 2.29 bits per heavy atom. The number of nitrogens with one attached hydrogen (secondary N) is 2. The highest BCUT2D eigenvalue weighted by molar-refractivity contribution is 6.31. The van der Waals surface area contributed by atoms with Crippen molar-refractivity contribution in [3.63, 3.8) is 0 Å². The lowest BCUT2D eigenvalue weighted by atomic mass is 10.1. The van der Waals surface area contributed by atoms with Gasteiger partial charge in [0.25, 0.3) is 0 Å². The average Bonchev–Trinajstić information content (AvgIpc) is 2.87. The van der Waals surface area contributed by atoms with Crippen LogP contribution in [0.2, 0.25) is 5.02 Å². The summed E-state index contributed by atoms with van der Waals surface area (Å²) in [6.45, 7) is 7.04. The second kappa shape index (κ2) is 6.12. The third-order valence-electron chi connectivity index (χ3n) is 4.20. The molecular weight excluding hydrogens is 288 g/mol. The molecule has 21 heavy (non-hydrogen) atoms. The Balaban J connectivity index is 1.70. The van der Waals surface area contributed by atoms with Crippen LogP contribution >= 0.6 is 11.6 Å². The molecule has 2 saturated heterocycles. The van der Waals surface area contributed by atoms with Gasteiger partial charge in [-0.3, -0.25) is 0 Å². The van der Waals surface area contributed by atoms with Crippen LogP contribution in [-0.2, 0) is 6.54 Å². The molecular formula is C15H21ClN4O. The van der Waals surface area contributed by atoms with Crippen LogP contribution < -0.4 is 15.5 Å². The van der Waals surface area contributed by atoms with Crippen LogP contribution in [0, 0.1) is 0 Å². The molecule has 0 bridgehead atoms. The molecule has 0 radical (unpaired) electrons.